The van der Waals surface area contributed by atoms with Gasteiger partial charge in [-0.15, -0.1) is 12.6 Å². The number of rotatable bonds is 3. The van der Waals surface area contributed by atoms with E-state index in [0.29, 0.717) is 0 Å². The Kier molecular flexibility index (Phi) is 3.93. The normalized spacial score (nSPS) is 18.0. The van der Waals surface area contributed by atoms with Crippen LogP contribution in [0, 0.1) is 5.82 Å². The van der Waals surface area contributed by atoms with Gasteiger partial charge in [0, 0.05) is 28.4 Å². The summed E-state index contributed by atoms with van der Waals surface area (Å²) in [6.45, 7) is 4.86. The maximum atomic E-state index is 14.0. The van der Waals surface area contributed by atoms with Gasteiger partial charge in [-0.25, -0.2) is 4.39 Å². The fraction of sp³-hybridized carbons (Fsp3) is 0.471. The summed E-state index contributed by atoms with van der Waals surface area (Å²) in [5, 5.41) is 10.1. The van der Waals surface area contributed by atoms with Crippen LogP contribution in [0.25, 0.3) is 10.9 Å². The van der Waals surface area contributed by atoms with Crippen molar-refractivity contribution in [1.29, 1.82) is 0 Å². The predicted octanol–water partition coefficient (Wildman–Crippen LogP) is 4.54. The molecular weight excluding hydrogens is 301 g/mol. The first-order chi connectivity index (χ1) is 10.4. The maximum absolute atomic E-state index is 14.0. The standard InChI is InChI=1S/C17H20FNO2S/c1-9(2)12-7-11(18)8-13-15(12)17(22)16-10(6-14(20)21)4-3-5-19(13)16/h7-10,22H,3-6H2,1-2H3,(H,20,21)/t10-/m1/s1. The first-order valence-corrected chi connectivity index (χ1v) is 8.11. The molecule has 2 aromatic rings. The lowest BCUT2D eigenvalue weighted by atomic mass is 9.92. The van der Waals surface area contributed by atoms with Gasteiger partial charge in [-0.2, -0.15) is 0 Å². The van der Waals surface area contributed by atoms with Gasteiger partial charge in [0.15, 0.2) is 0 Å². The third kappa shape index (κ3) is 2.41. The van der Waals surface area contributed by atoms with Crippen LogP contribution >= 0.6 is 12.6 Å². The second-order valence-corrected chi connectivity index (χ2v) is 6.81. The Morgan fingerprint density at radius 2 is 2.23 bits per heavy atom. The summed E-state index contributed by atoms with van der Waals surface area (Å²) in [5.74, 6) is -0.905. The molecule has 3 rings (SSSR count). The third-order valence-electron chi connectivity index (χ3n) is 4.54. The Morgan fingerprint density at radius 3 is 2.86 bits per heavy atom. The lowest BCUT2D eigenvalue weighted by molar-refractivity contribution is -0.137. The quantitative estimate of drug-likeness (QED) is 0.815. The molecule has 2 heterocycles. The van der Waals surface area contributed by atoms with Gasteiger partial charge in [0.1, 0.15) is 5.82 Å². The Labute approximate surface area is 134 Å². The molecule has 5 heteroatoms. The van der Waals surface area contributed by atoms with Gasteiger partial charge in [0.2, 0.25) is 0 Å². The van der Waals surface area contributed by atoms with Crippen molar-refractivity contribution in [1.82, 2.24) is 4.57 Å². The summed E-state index contributed by atoms with van der Waals surface area (Å²) in [6.07, 6.45) is 1.86. The molecule has 1 aliphatic rings. The van der Waals surface area contributed by atoms with E-state index in [1.165, 1.54) is 0 Å². The molecule has 0 radical (unpaired) electrons. The molecule has 118 valence electrons. The van der Waals surface area contributed by atoms with Gasteiger partial charge in [0.25, 0.3) is 0 Å². The highest BCUT2D eigenvalue weighted by molar-refractivity contribution is 7.80. The van der Waals surface area contributed by atoms with Gasteiger partial charge in [-0.05, 0) is 36.5 Å². The number of thiol groups is 1. The molecule has 0 saturated carbocycles. The monoisotopic (exact) mass is 321 g/mol. The molecule has 0 amide bonds. The minimum atomic E-state index is -0.799. The molecule has 0 fully saturated rings. The number of hydrogen-bond acceptors (Lipinski definition) is 2. The minimum Gasteiger partial charge on any atom is -0.481 e. The van der Waals surface area contributed by atoms with E-state index < -0.39 is 5.97 Å². The largest absolute Gasteiger partial charge is 0.481 e. The van der Waals surface area contributed by atoms with Gasteiger partial charge in [0.05, 0.1) is 11.9 Å². The molecular formula is C17H20FNO2S. The van der Waals surface area contributed by atoms with Crippen molar-refractivity contribution in [3.63, 3.8) is 0 Å². The number of halogens is 1. The van der Waals surface area contributed by atoms with E-state index in [0.717, 1.165) is 46.4 Å². The Balaban J connectivity index is 2.29. The summed E-state index contributed by atoms with van der Waals surface area (Å²) < 4.78 is 16.1. The third-order valence-corrected chi connectivity index (χ3v) is 4.99. The van der Waals surface area contributed by atoms with Crippen molar-refractivity contribution in [2.24, 2.45) is 0 Å². The first kappa shape index (κ1) is 15.4. The molecule has 0 spiro atoms. The number of carboxylic acids is 1. The van der Waals surface area contributed by atoms with Crippen LogP contribution < -0.4 is 0 Å². The molecule has 22 heavy (non-hydrogen) atoms. The molecule has 1 aromatic heterocycles. The first-order valence-electron chi connectivity index (χ1n) is 7.66. The Hall–Kier alpha value is -1.49. The van der Waals surface area contributed by atoms with E-state index >= 15 is 0 Å². The van der Waals surface area contributed by atoms with Crippen molar-refractivity contribution in [2.75, 3.05) is 0 Å². The number of nitrogens with zero attached hydrogens (tertiary/aromatic N) is 1. The number of aryl methyl sites for hydroxylation is 1. The summed E-state index contributed by atoms with van der Waals surface area (Å²) in [7, 11) is 0. The lowest BCUT2D eigenvalue weighted by Crippen LogP contribution is -2.18. The lowest BCUT2D eigenvalue weighted by Gasteiger charge is -2.24. The smallest absolute Gasteiger partial charge is 0.304 e. The molecule has 3 nitrogen and oxygen atoms in total. The SMILES string of the molecule is CC(C)c1cc(F)cc2c1c(S)c1n2CCC[C@@H]1CC(=O)O. The molecule has 1 aliphatic heterocycles. The topological polar surface area (TPSA) is 42.2 Å². The fourth-order valence-electron chi connectivity index (χ4n) is 3.62. The average molecular weight is 321 g/mol. The highest BCUT2D eigenvalue weighted by Crippen LogP contribution is 2.43. The summed E-state index contributed by atoms with van der Waals surface area (Å²) in [4.78, 5) is 12.0. The van der Waals surface area contributed by atoms with Gasteiger partial charge in [-0.1, -0.05) is 13.8 Å². The molecule has 0 unspecified atom stereocenters. The number of aromatic nitrogens is 1. The van der Waals surface area contributed by atoms with Crippen LogP contribution in [0.5, 0.6) is 0 Å². The molecule has 1 N–H and O–H groups in total. The molecule has 0 saturated heterocycles. The summed E-state index contributed by atoms with van der Waals surface area (Å²) in [6, 6.07) is 3.12. The van der Waals surface area contributed by atoms with Crippen molar-refractivity contribution in [2.45, 2.75) is 56.4 Å². The van der Waals surface area contributed by atoms with Crippen LogP contribution in [-0.2, 0) is 11.3 Å². The van der Waals surface area contributed by atoms with Crippen LogP contribution in [0.1, 0.15) is 56.2 Å². The molecule has 0 bridgehead atoms. The zero-order valence-corrected chi connectivity index (χ0v) is 13.7. The van der Waals surface area contributed by atoms with Crippen molar-refractivity contribution >= 4 is 29.5 Å². The number of fused-ring (bicyclic) bond motifs is 3. The van der Waals surface area contributed by atoms with Gasteiger partial charge >= 0.3 is 5.97 Å². The highest BCUT2D eigenvalue weighted by Gasteiger charge is 2.29. The fourth-order valence-corrected chi connectivity index (χ4v) is 4.17. The number of aliphatic carboxylic acids is 1. The van der Waals surface area contributed by atoms with Gasteiger partial charge < -0.3 is 9.67 Å². The van der Waals surface area contributed by atoms with Crippen molar-refractivity contribution < 1.29 is 14.3 Å². The Morgan fingerprint density at radius 1 is 1.50 bits per heavy atom. The minimum absolute atomic E-state index is 0.0470. The van der Waals surface area contributed by atoms with Crippen LogP contribution in [0.15, 0.2) is 17.0 Å². The predicted molar refractivity (Wildman–Crippen MR) is 87.5 cm³/mol. The number of benzene rings is 1. The van der Waals surface area contributed by atoms with E-state index in [-0.39, 0.29) is 24.1 Å². The maximum Gasteiger partial charge on any atom is 0.304 e. The van der Waals surface area contributed by atoms with Crippen molar-refractivity contribution in [3.8, 4) is 0 Å². The van der Waals surface area contributed by atoms with E-state index in [9.17, 15) is 9.18 Å². The zero-order chi connectivity index (χ0) is 16.0. The van der Waals surface area contributed by atoms with E-state index in [4.69, 9.17) is 17.7 Å². The van der Waals surface area contributed by atoms with E-state index in [2.05, 4.69) is 4.57 Å². The van der Waals surface area contributed by atoms with Crippen LogP contribution in [0.4, 0.5) is 4.39 Å². The second kappa shape index (κ2) is 5.61. The summed E-state index contributed by atoms with van der Waals surface area (Å²) >= 11 is 4.70. The molecule has 1 aromatic carbocycles. The van der Waals surface area contributed by atoms with Crippen LogP contribution in [0.2, 0.25) is 0 Å². The highest BCUT2D eigenvalue weighted by atomic mass is 32.1. The molecule has 1 atom stereocenters. The van der Waals surface area contributed by atoms with Crippen molar-refractivity contribution in [3.05, 3.63) is 29.2 Å². The zero-order valence-electron chi connectivity index (χ0n) is 12.8. The Bertz CT molecular complexity index is 751. The average Bonchev–Trinajstić information content (AvgIpc) is 2.72. The number of carboxylic acid groups (broad SMARTS) is 1. The summed E-state index contributed by atoms with van der Waals surface area (Å²) in [5.41, 5.74) is 2.74. The van der Waals surface area contributed by atoms with Crippen LogP contribution in [0.3, 0.4) is 0 Å². The number of hydrogen-bond donors (Lipinski definition) is 2. The van der Waals surface area contributed by atoms with Gasteiger partial charge in [-0.3, -0.25) is 4.79 Å². The molecule has 0 aliphatic carbocycles. The van der Waals surface area contributed by atoms with Crippen LogP contribution in [-0.4, -0.2) is 15.6 Å². The number of carbonyl (C=O) groups is 1. The van der Waals surface area contributed by atoms with E-state index in [1.54, 1.807) is 12.1 Å². The van der Waals surface area contributed by atoms with E-state index in [1.807, 2.05) is 13.8 Å². The second-order valence-electron chi connectivity index (χ2n) is 6.37.